The van der Waals surface area contributed by atoms with Crippen LogP contribution in [0, 0.1) is 0 Å². The van der Waals surface area contributed by atoms with Gasteiger partial charge in [0.05, 0.1) is 18.2 Å². The van der Waals surface area contributed by atoms with E-state index in [1.54, 1.807) is 53.7 Å². The molecule has 1 N–H and O–H groups in total. The molecule has 1 atom stereocenters. The zero-order valence-corrected chi connectivity index (χ0v) is 16.8. The van der Waals surface area contributed by atoms with Crippen molar-refractivity contribution in [1.82, 2.24) is 9.88 Å². The van der Waals surface area contributed by atoms with Gasteiger partial charge in [0.1, 0.15) is 11.5 Å². The quantitative estimate of drug-likeness (QED) is 0.316. The lowest BCUT2D eigenvalue weighted by atomic mass is 9.96. The molecule has 6 nitrogen and oxygen atoms in total. The Balaban J connectivity index is 2.08. The Morgan fingerprint density at radius 3 is 2.59 bits per heavy atom. The third kappa shape index (κ3) is 4.31. The zero-order valence-electron chi connectivity index (χ0n) is 16.8. The molecule has 1 fully saturated rings. The number of pyridine rings is 1. The Kier molecular flexibility index (Phi) is 6.65. The number of aliphatic hydroxyl groups excluding tert-OH is 1. The number of Topliss-reactive ketones (excluding diaryl/α,β-unsaturated/α-hetero) is 1. The molecule has 0 saturated carbocycles. The Labute approximate surface area is 170 Å². The summed E-state index contributed by atoms with van der Waals surface area (Å²) < 4.78 is 5.50. The van der Waals surface area contributed by atoms with Gasteiger partial charge in [-0.3, -0.25) is 14.6 Å². The van der Waals surface area contributed by atoms with Crippen molar-refractivity contribution >= 4 is 17.4 Å². The van der Waals surface area contributed by atoms with Crippen molar-refractivity contribution in [3.8, 4) is 5.75 Å². The van der Waals surface area contributed by atoms with Gasteiger partial charge in [0, 0.05) is 24.5 Å². The highest BCUT2D eigenvalue weighted by molar-refractivity contribution is 6.46. The predicted octanol–water partition coefficient (Wildman–Crippen LogP) is 4.09. The van der Waals surface area contributed by atoms with Crippen molar-refractivity contribution in [2.24, 2.45) is 0 Å². The van der Waals surface area contributed by atoms with Crippen LogP contribution < -0.4 is 4.74 Å². The number of likely N-dealkylation sites (tertiary alicyclic amines) is 1. The van der Waals surface area contributed by atoms with Crippen molar-refractivity contribution in [3.05, 3.63) is 65.5 Å². The van der Waals surface area contributed by atoms with Gasteiger partial charge in [0.15, 0.2) is 0 Å². The molecule has 29 heavy (non-hydrogen) atoms. The molecule has 0 bridgehead atoms. The van der Waals surface area contributed by atoms with E-state index in [4.69, 9.17) is 4.74 Å². The van der Waals surface area contributed by atoms with Crippen LogP contribution in [0.3, 0.4) is 0 Å². The number of ketones is 1. The molecule has 1 aliphatic rings. The summed E-state index contributed by atoms with van der Waals surface area (Å²) >= 11 is 0. The van der Waals surface area contributed by atoms with Gasteiger partial charge in [-0.15, -0.1) is 0 Å². The van der Waals surface area contributed by atoms with Gasteiger partial charge in [-0.1, -0.05) is 31.9 Å². The Hall–Kier alpha value is -3.15. The van der Waals surface area contributed by atoms with E-state index in [0.717, 1.165) is 24.8 Å². The lowest BCUT2D eigenvalue weighted by molar-refractivity contribution is -0.139. The highest BCUT2D eigenvalue weighted by Crippen LogP contribution is 2.39. The summed E-state index contributed by atoms with van der Waals surface area (Å²) in [5, 5.41) is 11.0. The van der Waals surface area contributed by atoms with E-state index in [-0.39, 0.29) is 11.3 Å². The number of carbonyl (C=O) groups is 2. The first-order chi connectivity index (χ1) is 14.1. The summed E-state index contributed by atoms with van der Waals surface area (Å²) in [6.07, 6.45) is 6.01. The maximum Gasteiger partial charge on any atom is 0.295 e. The number of aliphatic hydroxyl groups is 1. The van der Waals surface area contributed by atoms with Crippen LogP contribution in [0.2, 0.25) is 0 Å². The summed E-state index contributed by atoms with van der Waals surface area (Å²) in [7, 11) is 0. The van der Waals surface area contributed by atoms with Gasteiger partial charge in [0.2, 0.25) is 0 Å². The van der Waals surface area contributed by atoms with Crippen LogP contribution in [0.4, 0.5) is 0 Å². The highest BCUT2D eigenvalue weighted by atomic mass is 16.5. The van der Waals surface area contributed by atoms with Crippen LogP contribution in [0.15, 0.2) is 54.4 Å². The third-order valence-corrected chi connectivity index (χ3v) is 4.98. The molecule has 6 heteroatoms. The minimum atomic E-state index is -0.664. The van der Waals surface area contributed by atoms with Crippen molar-refractivity contribution in [2.75, 3.05) is 13.2 Å². The van der Waals surface area contributed by atoms with Crippen LogP contribution in [-0.2, 0) is 9.59 Å². The summed E-state index contributed by atoms with van der Waals surface area (Å²) in [6, 6.07) is 9.81. The molecule has 3 rings (SSSR count). The molecule has 2 heterocycles. The maximum absolute atomic E-state index is 12.9. The smallest absolute Gasteiger partial charge is 0.295 e. The number of rotatable bonds is 8. The molecule has 2 aromatic rings. The normalized spacial score (nSPS) is 18.3. The number of hydrogen-bond acceptors (Lipinski definition) is 5. The molecule has 0 radical (unpaired) electrons. The minimum Gasteiger partial charge on any atom is -0.507 e. The molecule has 152 valence electrons. The Morgan fingerprint density at radius 2 is 1.90 bits per heavy atom. The topological polar surface area (TPSA) is 79.7 Å². The summed E-state index contributed by atoms with van der Waals surface area (Å²) in [6.45, 7) is 4.90. The minimum absolute atomic E-state index is 0.103. The molecule has 1 aromatic carbocycles. The van der Waals surface area contributed by atoms with Crippen molar-refractivity contribution in [2.45, 2.75) is 39.2 Å². The summed E-state index contributed by atoms with van der Waals surface area (Å²) in [5.41, 5.74) is 1.30. The fourth-order valence-corrected chi connectivity index (χ4v) is 3.59. The van der Waals surface area contributed by atoms with Crippen molar-refractivity contribution < 1.29 is 19.4 Å². The fraction of sp³-hybridized carbons (Fsp3) is 0.348. The lowest BCUT2D eigenvalue weighted by Crippen LogP contribution is -2.30. The van der Waals surface area contributed by atoms with Crippen LogP contribution in [0.5, 0.6) is 5.75 Å². The zero-order chi connectivity index (χ0) is 20.8. The van der Waals surface area contributed by atoms with Crippen molar-refractivity contribution in [3.63, 3.8) is 0 Å². The van der Waals surface area contributed by atoms with E-state index in [9.17, 15) is 14.7 Å². The monoisotopic (exact) mass is 394 g/mol. The van der Waals surface area contributed by atoms with E-state index in [0.29, 0.717) is 24.5 Å². The van der Waals surface area contributed by atoms with Crippen LogP contribution in [0.25, 0.3) is 5.76 Å². The largest absolute Gasteiger partial charge is 0.507 e. The molecule has 1 aliphatic heterocycles. The van der Waals surface area contributed by atoms with Gasteiger partial charge in [-0.05, 0) is 43.2 Å². The molecule has 0 aliphatic carbocycles. The summed E-state index contributed by atoms with van der Waals surface area (Å²) in [5.74, 6) is -0.841. The number of nitrogens with zero attached hydrogens (tertiary/aromatic N) is 2. The van der Waals surface area contributed by atoms with Gasteiger partial charge >= 0.3 is 0 Å². The number of amides is 1. The molecule has 1 amide bonds. The van der Waals surface area contributed by atoms with E-state index in [2.05, 4.69) is 11.9 Å². The second-order valence-corrected chi connectivity index (χ2v) is 6.94. The fourth-order valence-electron chi connectivity index (χ4n) is 3.59. The number of unbranched alkanes of at least 4 members (excludes halogenated alkanes) is 2. The third-order valence-electron chi connectivity index (χ3n) is 4.98. The first-order valence-electron chi connectivity index (χ1n) is 10.00. The average molecular weight is 394 g/mol. The molecule has 1 aromatic heterocycles. The van der Waals surface area contributed by atoms with Crippen LogP contribution in [-0.4, -0.2) is 39.8 Å². The standard InChI is InChI=1S/C23H26N2O4/c1-3-5-6-14-25-20(16-10-12-24-13-11-16)19(22(27)23(25)28)21(26)17-8-7-9-18(15-17)29-4-2/h7-13,15,20,26H,3-6,14H2,1-2H3/b21-19-. The van der Waals surface area contributed by atoms with Gasteiger partial charge < -0.3 is 14.7 Å². The number of ether oxygens (including phenoxy) is 1. The predicted molar refractivity (Wildman–Crippen MR) is 110 cm³/mol. The van der Waals surface area contributed by atoms with E-state index < -0.39 is 17.7 Å². The van der Waals surface area contributed by atoms with Gasteiger partial charge in [0.25, 0.3) is 11.7 Å². The van der Waals surface area contributed by atoms with Crippen LogP contribution >= 0.6 is 0 Å². The van der Waals surface area contributed by atoms with Crippen molar-refractivity contribution in [1.29, 1.82) is 0 Å². The maximum atomic E-state index is 12.9. The average Bonchev–Trinajstić information content (AvgIpc) is 2.99. The van der Waals surface area contributed by atoms with E-state index in [1.165, 1.54) is 0 Å². The molecular formula is C23H26N2O4. The Morgan fingerprint density at radius 1 is 1.14 bits per heavy atom. The summed E-state index contributed by atoms with van der Waals surface area (Å²) in [4.78, 5) is 31.3. The molecule has 1 unspecified atom stereocenters. The second-order valence-electron chi connectivity index (χ2n) is 6.94. The SMILES string of the molecule is CCCCCN1C(=O)C(=O)/C(=C(\O)c2cccc(OCC)c2)C1c1ccncc1. The second kappa shape index (κ2) is 9.37. The molecule has 1 saturated heterocycles. The highest BCUT2D eigenvalue weighted by Gasteiger charge is 2.45. The lowest BCUT2D eigenvalue weighted by Gasteiger charge is -2.25. The first kappa shape index (κ1) is 20.6. The number of carbonyl (C=O) groups excluding carboxylic acids is 2. The first-order valence-corrected chi connectivity index (χ1v) is 10.00. The number of hydrogen-bond donors (Lipinski definition) is 1. The van der Waals surface area contributed by atoms with E-state index in [1.807, 2.05) is 6.92 Å². The number of benzene rings is 1. The number of aromatic nitrogens is 1. The van der Waals surface area contributed by atoms with Crippen LogP contribution in [0.1, 0.15) is 50.3 Å². The molecular weight excluding hydrogens is 368 g/mol. The van der Waals surface area contributed by atoms with E-state index >= 15 is 0 Å². The van der Waals surface area contributed by atoms with Gasteiger partial charge in [-0.2, -0.15) is 0 Å². The molecule has 0 spiro atoms. The van der Waals surface area contributed by atoms with Gasteiger partial charge in [-0.25, -0.2) is 0 Å². The Bertz CT molecular complexity index is 908.